The van der Waals surface area contributed by atoms with Crippen LogP contribution in [0.2, 0.25) is 5.02 Å². The second-order valence-electron chi connectivity index (χ2n) is 5.76. The first-order chi connectivity index (χ1) is 12.5. The molecule has 2 N–H and O–H groups in total. The molecule has 1 aromatic heterocycles. The smallest absolute Gasteiger partial charge is 0.260 e. The van der Waals surface area contributed by atoms with Crippen molar-refractivity contribution in [3.8, 4) is 0 Å². The molecule has 0 aliphatic carbocycles. The molecule has 0 saturated heterocycles. The number of anilines is 2. The van der Waals surface area contributed by atoms with Crippen LogP contribution in [0.4, 0.5) is 15.9 Å². The van der Waals surface area contributed by atoms with Crippen LogP contribution in [0.5, 0.6) is 0 Å². The van der Waals surface area contributed by atoms with Crippen LogP contribution in [-0.2, 0) is 0 Å². The zero-order valence-electron chi connectivity index (χ0n) is 14.0. The summed E-state index contributed by atoms with van der Waals surface area (Å²) < 4.78 is 13.8. The molecular formula is C20H17ClFN3O. The second kappa shape index (κ2) is 7.97. The predicted octanol–water partition coefficient (Wildman–Crippen LogP) is 5.30. The molecule has 3 aromatic rings. The Morgan fingerprint density at radius 1 is 1.08 bits per heavy atom. The van der Waals surface area contributed by atoms with Gasteiger partial charge in [0.15, 0.2) is 0 Å². The summed E-state index contributed by atoms with van der Waals surface area (Å²) in [6, 6.07) is 17.6. The zero-order chi connectivity index (χ0) is 18.5. The maximum absolute atomic E-state index is 13.8. The summed E-state index contributed by atoms with van der Waals surface area (Å²) in [5.41, 5.74) is 1.40. The van der Waals surface area contributed by atoms with E-state index in [0.29, 0.717) is 11.5 Å². The third kappa shape index (κ3) is 4.18. The minimum atomic E-state index is -0.669. The number of amides is 1. The summed E-state index contributed by atoms with van der Waals surface area (Å²) in [4.78, 5) is 16.5. The highest BCUT2D eigenvalue weighted by atomic mass is 35.5. The molecule has 1 atom stereocenters. The fourth-order valence-corrected chi connectivity index (χ4v) is 2.76. The lowest BCUT2D eigenvalue weighted by Crippen LogP contribution is -2.15. The summed E-state index contributed by atoms with van der Waals surface area (Å²) >= 11 is 5.90. The largest absolute Gasteiger partial charge is 0.364 e. The molecule has 1 unspecified atom stereocenters. The molecule has 0 radical (unpaired) electrons. The Labute approximate surface area is 156 Å². The summed E-state index contributed by atoms with van der Waals surface area (Å²) in [5, 5.41) is 5.94. The Bertz CT molecular complexity index is 880. The number of nitrogens with zero attached hydrogens (tertiary/aromatic N) is 1. The first-order valence-electron chi connectivity index (χ1n) is 8.07. The van der Waals surface area contributed by atoms with E-state index in [4.69, 9.17) is 11.6 Å². The molecule has 2 aromatic carbocycles. The molecule has 0 aliphatic heterocycles. The van der Waals surface area contributed by atoms with E-state index in [9.17, 15) is 9.18 Å². The molecule has 0 spiro atoms. The number of carbonyl (C=O) groups excluding carboxylic acids is 1. The zero-order valence-corrected chi connectivity index (χ0v) is 14.8. The van der Waals surface area contributed by atoms with Crippen molar-refractivity contribution in [1.82, 2.24) is 4.98 Å². The van der Waals surface area contributed by atoms with Crippen LogP contribution in [0.1, 0.15) is 28.9 Å². The molecule has 132 valence electrons. The van der Waals surface area contributed by atoms with Crippen molar-refractivity contribution in [2.45, 2.75) is 13.0 Å². The number of halogens is 2. The van der Waals surface area contributed by atoms with Crippen LogP contribution in [0, 0.1) is 5.82 Å². The number of pyridine rings is 1. The molecule has 0 fully saturated rings. The minimum Gasteiger partial charge on any atom is -0.364 e. The van der Waals surface area contributed by atoms with Gasteiger partial charge < -0.3 is 10.6 Å². The lowest BCUT2D eigenvalue weighted by molar-refractivity contribution is 0.102. The highest BCUT2D eigenvalue weighted by Gasteiger charge is 2.16. The number of hydrogen-bond acceptors (Lipinski definition) is 3. The van der Waals surface area contributed by atoms with Crippen molar-refractivity contribution in [3.05, 3.63) is 88.8 Å². The van der Waals surface area contributed by atoms with Gasteiger partial charge in [0.2, 0.25) is 0 Å². The fraction of sp³-hybridized carbons (Fsp3) is 0.100. The normalized spacial score (nSPS) is 11.7. The molecule has 0 saturated carbocycles. The molecule has 1 amide bonds. The van der Waals surface area contributed by atoms with Crippen LogP contribution >= 0.6 is 11.6 Å². The quantitative estimate of drug-likeness (QED) is 0.641. The number of rotatable bonds is 5. The van der Waals surface area contributed by atoms with Crippen molar-refractivity contribution >= 4 is 29.0 Å². The van der Waals surface area contributed by atoms with Gasteiger partial charge in [0, 0.05) is 6.04 Å². The summed E-state index contributed by atoms with van der Waals surface area (Å²) in [5.74, 6) is -0.616. The maximum atomic E-state index is 13.8. The Balaban J connectivity index is 1.67. The van der Waals surface area contributed by atoms with E-state index < -0.39 is 11.7 Å². The van der Waals surface area contributed by atoms with Gasteiger partial charge in [0.05, 0.1) is 22.5 Å². The number of aromatic nitrogens is 1. The molecule has 4 nitrogen and oxygen atoms in total. The van der Waals surface area contributed by atoms with Gasteiger partial charge in [-0.1, -0.05) is 48.0 Å². The number of benzene rings is 2. The van der Waals surface area contributed by atoms with Gasteiger partial charge in [-0.25, -0.2) is 9.37 Å². The molecule has 0 bridgehead atoms. The standard InChI is InChI=1S/C20H17ClFN3O/c1-13(14-6-3-2-4-7-14)24-18-11-10-15(12-23-18)25-20(26)19-16(21)8-5-9-17(19)22/h2-13H,1H3,(H,23,24)(H,25,26). The van der Waals surface area contributed by atoms with E-state index in [1.807, 2.05) is 37.3 Å². The van der Waals surface area contributed by atoms with Gasteiger partial charge >= 0.3 is 0 Å². The number of hydrogen-bond donors (Lipinski definition) is 2. The van der Waals surface area contributed by atoms with Crippen LogP contribution in [0.3, 0.4) is 0 Å². The Kier molecular flexibility index (Phi) is 5.49. The highest BCUT2D eigenvalue weighted by molar-refractivity contribution is 6.34. The molecule has 3 rings (SSSR count). The average Bonchev–Trinajstić information content (AvgIpc) is 2.64. The SMILES string of the molecule is CC(Nc1ccc(NC(=O)c2c(F)cccc2Cl)cn1)c1ccccc1. The average molecular weight is 370 g/mol. The highest BCUT2D eigenvalue weighted by Crippen LogP contribution is 2.22. The van der Waals surface area contributed by atoms with E-state index in [1.165, 1.54) is 24.4 Å². The fourth-order valence-electron chi connectivity index (χ4n) is 2.51. The Hall–Kier alpha value is -2.92. The van der Waals surface area contributed by atoms with E-state index in [-0.39, 0.29) is 16.6 Å². The number of carbonyl (C=O) groups is 1. The molecular weight excluding hydrogens is 353 g/mol. The summed E-state index contributed by atoms with van der Waals surface area (Å²) in [6.07, 6.45) is 1.51. The van der Waals surface area contributed by atoms with Gasteiger partial charge in [-0.15, -0.1) is 0 Å². The first kappa shape index (κ1) is 17.9. The van der Waals surface area contributed by atoms with Crippen molar-refractivity contribution in [3.63, 3.8) is 0 Å². The third-order valence-corrected chi connectivity index (χ3v) is 4.19. The number of nitrogens with one attached hydrogen (secondary N) is 2. The van der Waals surface area contributed by atoms with Gasteiger partial charge in [-0.05, 0) is 36.8 Å². The second-order valence-corrected chi connectivity index (χ2v) is 6.17. The molecule has 26 heavy (non-hydrogen) atoms. The van der Waals surface area contributed by atoms with Gasteiger partial charge in [0.1, 0.15) is 11.6 Å². The van der Waals surface area contributed by atoms with Crippen molar-refractivity contribution in [1.29, 1.82) is 0 Å². The van der Waals surface area contributed by atoms with Crippen LogP contribution < -0.4 is 10.6 Å². The van der Waals surface area contributed by atoms with Crippen molar-refractivity contribution in [2.24, 2.45) is 0 Å². The lowest BCUT2D eigenvalue weighted by Gasteiger charge is -2.15. The topological polar surface area (TPSA) is 54.0 Å². The molecule has 6 heteroatoms. The summed E-state index contributed by atoms with van der Waals surface area (Å²) in [6.45, 7) is 2.03. The van der Waals surface area contributed by atoms with Crippen LogP contribution in [-0.4, -0.2) is 10.9 Å². The van der Waals surface area contributed by atoms with Gasteiger partial charge in [-0.2, -0.15) is 0 Å². The third-order valence-electron chi connectivity index (χ3n) is 3.88. The minimum absolute atomic E-state index is 0.0606. The van der Waals surface area contributed by atoms with Crippen molar-refractivity contribution < 1.29 is 9.18 Å². The van der Waals surface area contributed by atoms with Gasteiger partial charge in [0.25, 0.3) is 5.91 Å². The molecule has 0 aliphatic rings. The Morgan fingerprint density at radius 3 is 2.50 bits per heavy atom. The van der Waals surface area contributed by atoms with Crippen molar-refractivity contribution in [2.75, 3.05) is 10.6 Å². The first-order valence-corrected chi connectivity index (χ1v) is 8.45. The Morgan fingerprint density at radius 2 is 1.85 bits per heavy atom. The van der Waals surface area contributed by atoms with E-state index in [2.05, 4.69) is 15.6 Å². The van der Waals surface area contributed by atoms with E-state index in [1.54, 1.807) is 12.1 Å². The van der Waals surface area contributed by atoms with E-state index in [0.717, 1.165) is 5.56 Å². The van der Waals surface area contributed by atoms with Gasteiger partial charge in [-0.3, -0.25) is 4.79 Å². The lowest BCUT2D eigenvalue weighted by atomic mass is 10.1. The van der Waals surface area contributed by atoms with Crippen LogP contribution in [0.25, 0.3) is 0 Å². The van der Waals surface area contributed by atoms with E-state index >= 15 is 0 Å². The summed E-state index contributed by atoms with van der Waals surface area (Å²) in [7, 11) is 0. The van der Waals surface area contributed by atoms with Crippen LogP contribution in [0.15, 0.2) is 66.9 Å². The molecule has 1 heterocycles. The maximum Gasteiger partial charge on any atom is 0.260 e. The monoisotopic (exact) mass is 369 g/mol. The predicted molar refractivity (Wildman–Crippen MR) is 102 cm³/mol.